The third-order valence-electron chi connectivity index (χ3n) is 5.78. The summed E-state index contributed by atoms with van der Waals surface area (Å²) >= 11 is 0. The van der Waals surface area contributed by atoms with E-state index in [1.165, 1.54) is 12.1 Å². The fourth-order valence-corrected chi connectivity index (χ4v) is 3.89. The van der Waals surface area contributed by atoms with Crippen molar-refractivity contribution >= 4 is 16.9 Å². The van der Waals surface area contributed by atoms with Crippen LogP contribution in [0.25, 0.3) is 10.9 Å². The minimum atomic E-state index is -0.612. The van der Waals surface area contributed by atoms with E-state index in [0.29, 0.717) is 34.0 Å². The predicted molar refractivity (Wildman–Crippen MR) is 141 cm³/mol. The average molecular weight is 499 g/mol. The molecule has 1 unspecified atom stereocenters. The van der Waals surface area contributed by atoms with Gasteiger partial charge in [-0.05, 0) is 81.3 Å². The molecule has 1 N–H and O–H groups in total. The Kier molecular flexibility index (Phi) is 7.12. The normalized spacial score (nSPS) is 12.0. The minimum absolute atomic E-state index is 0.301. The summed E-state index contributed by atoms with van der Waals surface area (Å²) in [5.74, 6) is 5.32. The molecule has 188 valence electrons. The quantitative estimate of drug-likeness (QED) is 0.318. The van der Waals surface area contributed by atoms with E-state index in [1.54, 1.807) is 82.3 Å². The summed E-state index contributed by atoms with van der Waals surface area (Å²) in [4.78, 5) is 41.3. The van der Waals surface area contributed by atoms with E-state index in [1.807, 2.05) is 0 Å². The molecule has 0 aliphatic carbocycles. The Hall–Kier alpha value is -4.44. The van der Waals surface area contributed by atoms with E-state index in [9.17, 15) is 18.8 Å². The van der Waals surface area contributed by atoms with Gasteiger partial charge < -0.3 is 9.72 Å². The van der Waals surface area contributed by atoms with Gasteiger partial charge in [0.05, 0.1) is 22.5 Å². The second kappa shape index (κ2) is 10.3. The van der Waals surface area contributed by atoms with E-state index < -0.39 is 28.9 Å². The smallest absolute Gasteiger partial charge is 0.338 e. The van der Waals surface area contributed by atoms with Crippen LogP contribution in [0.3, 0.4) is 0 Å². The first kappa shape index (κ1) is 25.6. The number of esters is 1. The van der Waals surface area contributed by atoms with E-state index in [4.69, 9.17) is 4.74 Å². The summed E-state index contributed by atoms with van der Waals surface area (Å²) in [6.07, 6.45) is 0.435. The van der Waals surface area contributed by atoms with Crippen LogP contribution < -0.4 is 11.2 Å². The van der Waals surface area contributed by atoms with Gasteiger partial charge in [0.15, 0.2) is 0 Å². The molecule has 0 spiro atoms. The number of carbonyl (C=O) groups is 1. The van der Waals surface area contributed by atoms with Crippen LogP contribution >= 0.6 is 0 Å². The Morgan fingerprint density at radius 2 is 1.70 bits per heavy atom. The monoisotopic (exact) mass is 498 g/mol. The van der Waals surface area contributed by atoms with Gasteiger partial charge in [0.2, 0.25) is 0 Å². The van der Waals surface area contributed by atoms with Gasteiger partial charge in [-0.15, -0.1) is 0 Å². The molecule has 0 bridgehead atoms. The molecule has 6 nitrogen and oxygen atoms in total. The van der Waals surface area contributed by atoms with Crippen molar-refractivity contribution in [3.05, 3.63) is 116 Å². The van der Waals surface area contributed by atoms with Crippen molar-refractivity contribution in [2.75, 3.05) is 0 Å². The maximum Gasteiger partial charge on any atom is 0.338 e. The first-order chi connectivity index (χ1) is 17.5. The van der Waals surface area contributed by atoms with Gasteiger partial charge in [0.25, 0.3) is 5.56 Å². The Morgan fingerprint density at radius 3 is 2.35 bits per heavy atom. The molecule has 0 aliphatic heterocycles. The van der Waals surface area contributed by atoms with Gasteiger partial charge >= 0.3 is 11.7 Å². The molecule has 37 heavy (non-hydrogen) atoms. The first-order valence-electron chi connectivity index (χ1n) is 11.9. The topological polar surface area (TPSA) is 81.2 Å². The molecule has 0 radical (unpaired) electrons. The van der Waals surface area contributed by atoms with Crippen LogP contribution in [0.4, 0.5) is 4.39 Å². The zero-order valence-electron chi connectivity index (χ0n) is 21.1. The van der Waals surface area contributed by atoms with Crippen molar-refractivity contribution in [1.82, 2.24) is 9.55 Å². The van der Waals surface area contributed by atoms with Gasteiger partial charge in [-0.3, -0.25) is 9.36 Å². The van der Waals surface area contributed by atoms with Crippen LogP contribution in [0.5, 0.6) is 0 Å². The molecule has 1 atom stereocenters. The molecule has 7 heteroatoms. The van der Waals surface area contributed by atoms with E-state index in [-0.39, 0.29) is 5.82 Å². The van der Waals surface area contributed by atoms with E-state index >= 15 is 0 Å². The van der Waals surface area contributed by atoms with Gasteiger partial charge in [0, 0.05) is 12.0 Å². The molecule has 0 aliphatic rings. The molecule has 4 rings (SSSR count). The van der Waals surface area contributed by atoms with Crippen molar-refractivity contribution in [3.8, 4) is 11.8 Å². The lowest BCUT2D eigenvalue weighted by Crippen LogP contribution is -2.37. The molecule has 1 heterocycles. The maximum atomic E-state index is 13.4. The number of hydrogen-bond acceptors (Lipinski definition) is 4. The number of ether oxygens (including phenoxy) is 1. The zero-order chi connectivity index (χ0) is 26.7. The van der Waals surface area contributed by atoms with E-state index in [0.717, 1.165) is 10.1 Å². The Labute approximate surface area is 213 Å². The highest BCUT2D eigenvalue weighted by Gasteiger charge is 2.19. The third kappa shape index (κ3) is 6.04. The van der Waals surface area contributed by atoms with Crippen molar-refractivity contribution in [2.45, 2.75) is 45.8 Å². The van der Waals surface area contributed by atoms with Crippen LogP contribution in [0.1, 0.15) is 60.8 Å². The number of nitrogens with one attached hydrogen (secondary N) is 1. The Balaban J connectivity index is 1.62. The second-order valence-electron chi connectivity index (χ2n) is 9.77. The van der Waals surface area contributed by atoms with Crippen molar-refractivity contribution in [1.29, 1.82) is 0 Å². The lowest BCUT2D eigenvalue weighted by Gasteiger charge is -2.20. The Bertz CT molecular complexity index is 1630. The summed E-state index contributed by atoms with van der Waals surface area (Å²) in [7, 11) is 0. The summed E-state index contributed by atoms with van der Waals surface area (Å²) in [5.41, 5.74) is 1.42. The van der Waals surface area contributed by atoms with Crippen LogP contribution in [0.15, 0.2) is 76.3 Å². The van der Waals surface area contributed by atoms with Crippen LogP contribution in [0, 0.1) is 17.7 Å². The largest absolute Gasteiger partial charge is 0.456 e. The summed E-state index contributed by atoms with van der Waals surface area (Å²) < 4.78 is 19.6. The van der Waals surface area contributed by atoms with Gasteiger partial charge in [-0.2, -0.15) is 0 Å². The maximum absolute atomic E-state index is 13.4. The van der Waals surface area contributed by atoms with Crippen molar-refractivity contribution in [3.63, 3.8) is 0 Å². The number of carbonyl (C=O) groups excluding carboxylic acids is 1. The molecule has 3 aromatic carbocycles. The summed E-state index contributed by atoms with van der Waals surface area (Å²) in [6, 6.07) is 17.2. The van der Waals surface area contributed by atoms with Gasteiger partial charge in [-0.25, -0.2) is 14.0 Å². The highest BCUT2D eigenvalue weighted by molar-refractivity contribution is 5.89. The first-order valence-corrected chi connectivity index (χ1v) is 11.9. The fourth-order valence-electron chi connectivity index (χ4n) is 3.89. The van der Waals surface area contributed by atoms with Crippen LogP contribution in [0.2, 0.25) is 0 Å². The molecule has 0 fully saturated rings. The van der Waals surface area contributed by atoms with E-state index in [2.05, 4.69) is 16.8 Å². The van der Waals surface area contributed by atoms with Crippen LogP contribution in [-0.2, 0) is 11.2 Å². The third-order valence-corrected chi connectivity index (χ3v) is 5.78. The standard InChI is InChI=1S/C30H27FN2O4/c1-19(22-11-13-23(14-12-22)28(35)37-30(2,3)4)33-27(34)25-18-21(10-17-26(25)32-29(33)36)7-5-6-20-8-15-24(31)16-9-20/h8-19H,6H2,1-4H3,(H,32,36). The fraction of sp³-hybridized carbons (Fsp3) is 0.233. The average Bonchev–Trinajstić information content (AvgIpc) is 2.84. The molecule has 0 saturated carbocycles. The van der Waals surface area contributed by atoms with Crippen molar-refractivity contribution < 1.29 is 13.9 Å². The molecular weight excluding hydrogens is 471 g/mol. The van der Waals surface area contributed by atoms with Crippen molar-refractivity contribution in [2.24, 2.45) is 0 Å². The minimum Gasteiger partial charge on any atom is -0.456 e. The number of rotatable bonds is 4. The number of hydrogen-bond donors (Lipinski definition) is 1. The number of halogens is 1. The highest BCUT2D eigenvalue weighted by Crippen LogP contribution is 2.19. The molecular formula is C30H27FN2O4. The number of aromatic nitrogens is 2. The number of benzene rings is 3. The van der Waals surface area contributed by atoms with Gasteiger partial charge in [-0.1, -0.05) is 36.1 Å². The number of H-pyrrole nitrogens is 1. The molecule has 1 aromatic heterocycles. The number of fused-ring (bicyclic) bond motifs is 1. The molecule has 4 aromatic rings. The molecule has 0 saturated heterocycles. The summed E-state index contributed by atoms with van der Waals surface area (Å²) in [6.45, 7) is 7.13. The predicted octanol–water partition coefficient (Wildman–Crippen LogP) is 4.99. The lowest BCUT2D eigenvalue weighted by atomic mass is 10.1. The lowest BCUT2D eigenvalue weighted by molar-refractivity contribution is 0.00695. The zero-order valence-corrected chi connectivity index (χ0v) is 21.1. The molecule has 0 amide bonds. The van der Waals surface area contributed by atoms with Crippen LogP contribution in [-0.4, -0.2) is 21.1 Å². The Morgan fingerprint density at radius 1 is 1.03 bits per heavy atom. The number of aromatic amines is 1. The van der Waals surface area contributed by atoms with Gasteiger partial charge in [0.1, 0.15) is 11.4 Å². The highest BCUT2D eigenvalue weighted by atomic mass is 19.1. The second-order valence-corrected chi connectivity index (χ2v) is 9.77. The summed E-state index contributed by atoms with van der Waals surface area (Å²) in [5, 5.41) is 0.338. The SMILES string of the molecule is CC(c1ccc(C(=O)OC(C)(C)C)cc1)n1c(=O)[nH]c2ccc(C#CCc3ccc(F)cc3)cc2c1=O. The number of nitrogens with zero attached hydrogens (tertiary/aromatic N) is 1.